The smallest absolute Gasteiger partial charge is 0.122 e. The molecule has 4 nitrogen and oxygen atoms in total. The summed E-state index contributed by atoms with van der Waals surface area (Å²) >= 11 is 0. The van der Waals surface area contributed by atoms with E-state index in [1.54, 1.807) is 12.5 Å². The standard InChI is InChI=1S/C15H18N2O2/c1-2-5-13-6-3-4-7-15(13)19-11-14(18)10-17-9-8-16-12-17/h2-4,6-9,12,14,18H,1,5,10-11H2. The first kappa shape index (κ1) is 13.4. The maximum absolute atomic E-state index is 9.91. The van der Waals surface area contributed by atoms with Crippen LogP contribution >= 0.6 is 0 Å². The Morgan fingerprint density at radius 3 is 3.00 bits per heavy atom. The van der Waals surface area contributed by atoms with E-state index >= 15 is 0 Å². The summed E-state index contributed by atoms with van der Waals surface area (Å²) in [4.78, 5) is 3.93. The molecule has 0 bridgehead atoms. The van der Waals surface area contributed by atoms with Crippen molar-refractivity contribution in [3.05, 3.63) is 61.2 Å². The number of rotatable bonds is 7. The van der Waals surface area contributed by atoms with Crippen LogP contribution in [-0.4, -0.2) is 27.4 Å². The first-order chi connectivity index (χ1) is 9.29. The highest BCUT2D eigenvalue weighted by Crippen LogP contribution is 2.18. The van der Waals surface area contributed by atoms with E-state index in [9.17, 15) is 5.11 Å². The lowest BCUT2D eigenvalue weighted by atomic mass is 10.1. The van der Waals surface area contributed by atoms with Crippen LogP contribution in [0, 0.1) is 0 Å². The van der Waals surface area contributed by atoms with Gasteiger partial charge in [-0.3, -0.25) is 0 Å². The van der Waals surface area contributed by atoms with Crippen LogP contribution in [0.4, 0.5) is 0 Å². The van der Waals surface area contributed by atoms with Crippen LogP contribution in [0.2, 0.25) is 0 Å². The van der Waals surface area contributed by atoms with E-state index in [1.807, 2.05) is 41.1 Å². The molecule has 1 aromatic carbocycles. The molecule has 0 aliphatic carbocycles. The molecule has 1 N–H and O–H groups in total. The van der Waals surface area contributed by atoms with Crippen molar-refractivity contribution < 1.29 is 9.84 Å². The van der Waals surface area contributed by atoms with Crippen molar-refractivity contribution in [2.24, 2.45) is 0 Å². The highest BCUT2D eigenvalue weighted by molar-refractivity contribution is 5.34. The van der Waals surface area contributed by atoms with Crippen LogP contribution in [0.15, 0.2) is 55.6 Å². The van der Waals surface area contributed by atoms with Gasteiger partial charge >= 0.3 is 0 Å². The van der Waals surface area contributed by atoms with Gasteiger partial charge in [-0.2, -0.15) is 0 Å². The molecule has 0 saturated heterocycles. The molecule has 2 rings (SSSR count). The third kappa shape index (κ3) is 3.96. The molecule has 0 amide bonds. The summed E-state index contributed by atoms with van der Waals surface area (Å²) in [6, 6.07) is 7.79. The summed E-state index contributed by atoms with van der Waals surface area (Å²) in [6.07, 6.45) is 7.21. The van der Waals surface area contributed by atoms with Crippen LogP contribution in [0.25, 0.3) is 0 Å². The quantitative estimate of drug-likeness (QED) is 0.773. The maximum Gasteiger partial charge on any atom is 0.122 e. The second kappa shape index (κ2) is 6.75. The first-order valence-corrected chi connectivity index (χ1v) is 6.25. The molecule has 0 aliphatic heterocycles. The normalized spacial score (nSPS) is 12.1. The van der Waals surface area contributed by atoms with Gasteiger partial charge in [0.15, 0.2) is 0 Å². The topological polar surface area (TPSA) is 47.3 Å². The van der Waals surface area contributed by atoms with E-state index in [4.69, 9.17) is 4.74 Å². The zero-order chi connectivity index (χ0) is 13.5. The Morgan fingerprint density at radius 1 is 1.42 bits per heavy atom. The van der Waals surface area contributed by atoms with Crippen LogP contribution in [0.1, 0.15) is 5.56 Å². The number of aliphatic hydroxyl groups is 1. The first-order valence-electron chi connectivity index (χ1n) is 6.25. The van der Waals surface area contributed by atoms with Gasteiger partial charge in [0.25, 0.3) is 0 Å². The number of para-hydroxylation sites is 1. The van der Waals surface area contributed by atoms with Gasteiger partial charge < -0.3 is 14.4 Å². The minimum atomic E-state index is -0.564. The van der Waals surface area contributed by atoms with E-state index in [0.29, 0.717) is 6.54 Å². The van der Waals surface area contributed by atoms with E-state index in [1.165, 1.54) is 0 Å². The van der Waals surface area contributed by atoms with Crippen molar-refractivity contribution in [2.75, 3.05) is 6.61 Å². The summed E-state index contributed by atoms with van der Waals surface area (Å²) in [6.45, 7) is 4.46. The van der Waals surface area contributed by atoms with Gasteiger partial charge in [-0.25, -0.2) is 4.98 Å². The molecule has 0 radical (unpaired) electrons. The number of allylic oxidation sites excluding steroid dienone is 1. The van der Waals surface area contributed by atoms with E-state index in [2.05, 4.69) is 11.6 Å². The van der Waals surface area contributed by atoms with Gasteiger partial charge in [0.05, 0.1) is 12.9 Å². The molecule has 4 heteroatoms. The summed E-state index contributed by atoms with van der Waals surface area (Å²) in [5.41, 5.74) is 1.08. The predicted octanol–water partition coefficient (Wildman–Crippen LogP) is 2.05. The van der Waals surface area contributed by atoms with Crippen molar-refractivity contribution in [3.63, 3.8) is 0 Å². The molecular formula is C15H18N2O2. The lowest BCUT2D eigenvalue weighted by molar-refractivity contribution is 0.0920. The fraction of sp³-hybridized carbons (Fsp3) is 0.267. The monoisotopic (exact) mass is 258 g/mol. The van der Waals surface area contributed by atoms with Gasteiger partial charge in [0.1, 0.15) is 18.5 Å². The van der Waals surface area contributed by atoms with Gasteiger partial charge in [0, 0.05) is 12.4 Å². The van der Waals surface area contributed by atoms with Crippen LogP contribution in [-0.2, 0) is 13.0 Å². The number of aromatic nitrogens is 2. The maximum atomic E-state index is 9.91. The molecule has 0 spiro atoms. The Kier molecular flexibility index (Phi) is 4.75. The summed E-state index contributed by atoms with van der Waals surface area (Å²) in [5.74, 6) is 0.798. The van der Waals surface area contributed by atoms with E-state index < -0.39 is 6.10 Å². The van der Waals surface area contributed by atoms with Gasteiger partial charge in [-0.1, -0.05) is 24.3 Å². The average molecular weight is 258 g/mol. The fourth-order valence-corrected chi connectivity index (χ4v) is 1.85. The molecule has 0 fully saturated rings. The number of imidazole rings is 1. The zero-order valence-corrected chi connectivity index (χ0v) is 10.8. The summed E-state index contributed by atoms with van der Waals surface area (Å²) in [7, 11) is 0. The molecular weight excluding hydrogens is 240 g/mol. The zero-order valence-electron chi connectivity index (χ0n) is 10.8. The van der Waals surface area contributed by atoms with Crippen molar-refractivity contribution >= 4 is 0 Å². The van der Waals surface area contributed by atoms with Gasteiger partial charge in [-0.15, -0.1) is 6.58 Å². The predicted molar refractivity (Wildman–Crippen MR) is 74.1 cm³/mol. The second-order valence-corrected chi connectivity index (χ2v) is 4.32. The summed E-state index contributed by atoms with van der Waals surface area (Å²) in [5, 5.41) is 9.91. The van der Waals surface area contributed by atoms with E-state index in [-0.39, 0.29) is 6.61 Å². The Bertz CT molecular complexity index is 509. The summed E-state index contributed by atoms with van der Waals surface area (Å²) < 4.78 is 7.49. The number of hydrogen-bond donors (Lipinski definition) is 1. The van der Waals surface area contributed by atoms with Crippen molar-refractivity contribution in [3.8, 4) is 5.75 Å². The third-order valence-electron chi connectivity index (χ3n) is 2.75. The molecule has 100 valence electrons. The molecule has 2 aromatic rings. The van der Waals surface area contributed by atoms with E-state index in [0.717, 1.165) is 17.7 Å². The lowest BCUT2D eigenvalue weighted by Gasteiger charge is -2.14. The number of hydrogen-bond acceptors (Lipinski definition) is 3. The Balaban J connectivity index is 1.89. The largest absolute Gasteiger partial charge is 0.491 e. The molecule has 0 aliphatic rings. The van der Waals surface area contributed by atoms with Gasteiger partial charge in [0.2, 0.25) is 0 Å². The van der Waals surface area contributed by atoms with Crippen molar-refractivity contribution in [1.82, 2.24) is 9.55 Å². The SMILES string of the molecule is C=CCc1ccccc1OCC(O)Cn1ccnc1. The van der Waals surface area contributed by atoms with Crippen molar-refractivity contribution in [2.45, 2.75) is 19.1 Å². The molecule has 1 aromatic heterocycles. The Hall–Kier alpha value is -2.07. The van der Waals surface area contributed by atoms with Crippen LogP contribution in [0.3, 0.4) is 0 Å². The molecule has 0 saturated carbocycles. The minimum Gasteiger partial charge on any atom is -0.491 e. The number of aliphatic hydroxyl groups excluding tert-OH is 1. The molecule has 19 heavy (non-hydrogen) atoms. The fourth-order valence-electron chi connectivity index (χ4n) is 1.85. The lowest BCUT2D eigenvalue weighted by Crippen LogP contribution is -2.23. The third-order valence-corrected chi connectivity index (χ3v) is 2.75. The Labute approximate surface area is 113 Å². The Morgan fingerprint density at radius 2 is 2.26 bits per heavy atom. The second-order valence-electron chi connectivity index (χ2n) is 4.32. The number of benzene rings is 1. The van der Waals surface area contributed by atoms with Crippen LogP contribution < -0.4 is 4.74 Å². The highest BCUT2D eigenvalue weighted by Gasteiger charge is 2.08. The van der Waals surface area contributed by atoms with Crippen molar-refractivity contribution in [1.29, 1.82) is 0 Å². The highest BCUT2D eigenvalue weighted by atomic mass is 16.5. The molecule has 1 heterocycles. The number of nitrogens with zero attached hydrogens (tertiary/aromatic N) is 2. The van der Waals surface area contributed by atoms with Crippen LogP contribution in [0.5, 0.6) is 5.75 Å². The molecule has 1 unspecified atom stereocenters. The number of ether oxygens (including phenoxy) is 1. The molecule has 1 atom stereocenters. The average Bonchev–Trinajstić information content (AvgIpc) is 2.91. The minimum absolute atomic E-state index is 0.256. The van der Waals surface area contributed by atoms with Gasteiger partial charge in [-0.05, 0) is 18.1 Å².